The van der Waals surface area contributed by atoms with Crippen molar-refractivity contribution in [3.8, 4) is 0 Å². The Morgan fingerprint density at radius 3 is 2.78 bits per heavy atom. The van der Waals surface area contributed by atoms with E-state index < -0.39 is 10.7 Å². The van der Waals surface area contributed by atoms with Crippen molar-refractivity contribution in [1.82, 2.24) is 20.1 Å². The molecule has 3 rings (SSSR count). The average molecular weight is 482 g/mol. The summed E-state index contributed by atoms with van der Waals surface area (Å²) in [6.07, 6.45) is 6.40. The van der Waals surface area contributed by atoms with E-state index in [2.05, 4.69) is 33.2 Å². The second-order valence-corrected chi connectivity index (χ2v) is 11.2. The first-order valence-electron chi connectivity index (χ1n) is 11.3. The van der Waals surface area contributed by atoms with Gasteiger partial charge in [-0.3, -0.25) is 4.79 Å². The number of nitrogens with one attached hydrogen (secondary N) is 1. The van der Waals surface area contributed by atoms with Crippen LogP contribution in [0.3, 0.4) is 0 Å². The number of aliphatic imine (C=N–C) groups is 1. The van der Waals surface area contributed by atoms with Crippen molar-refractivity contribution in [2.75, 3.05) is 45.9 Å². The molecule has 178 valence electrons. The third kappa shape index (κ3) is 7.11. The van der Waals surface area contributed by atoms with Gasteiger partial charge in [0.2, 0.25) is 0 Å². The van der Waals surface area contributed by atoms with E-state index in [1.54, 1.807) is 13.8 Å². The zero-order chi connectivity index (χ0) is 23.0. The molecule has 0 aromatic carbocycles. The van der Waals surface area contributed by atoms with Crippen molar-refractivity contribution in [1.29, 1.82) is 0 Å². The highest BCUT2D eigenvalue weighted by molar-refractivity contribution is 8.02. The smallest absolute Gasteiger partial charge is 0.319 e. The fourth-order valence-electron chi connectivity index (χ4n) is 3.47. The Balaban J connectivity index is 1.57. The predicted octanol–water partition coefficient (Wildman–Crippen LogP) is 3.27. The Labute approximate surface area is 199 Å². The lowest BCUT2D eigenvalue weighted by Crippen LogP contribution is -2.45. The molecule has 8 nitrogen and oxygen atoms in total. The van der Waals surface area contributed by atoms with Crippen LogP contribution in [-0.4, -0.2) is 82.5 Å². The van der Waals surface area contributed by atoms with Crippen molar-refractivity contribution in [2.24, 2.45) is 4.99 Å². The van der Waals surface area contributed by atoms with Gasteiger partial charge in [-0.1, -0.05) is 31.5 Å². The van der Waals surface area contributed by atoms with E-state index >= 15 is 0 Å². The summed E-state index contributed by atoms with van der Waals surface area (Å²) in [5.41, 5.74) is 2.22. The van der Waals surface area contributed by atoms with Gasteiger partial charge >= 0.3 is 5.97 Å². The lowest BCUT2D eigenvalue weighted by Gasteiger charge is -2.34. The van der Waals surface area contributed by atoms with Crippen molar-refractivity contribution < 1.29 is 14.6 Å². The molecular formula is C22H35N5O3S2. The third-order valence-corrected chi connectivity index (χ3v) is 7.71. The topological polar surface area (TPSA) is 90.3 Å². The van der Waals surface area contributed by atoms with Gasteiger partial charge in [-0.2, -0.15) is 0 Å². The molecule has 2 aliphatic rings. The number of ether oxygens (including phenoxy) is 1. The van der Waals surface area contributed by atoms with Gasteiger partial charge in [0.25, 0.3) is 0 Å². The van der Waals surface area contributed by atoms with E-state index in [1.807, 2.05) is 5.38 Å². The number of unbranched alkanes of at least 4 members (excludes halogenated alkanes) is 2. The molecule has 1 fully saturated rings. The lowest BCUT2D eigenvalue weighted by molar-refractivity contribution is -0.138. The monoisotopic (exact) mass is 481 g/mol. The molecule has 0 amide bonds. The van der Waals surface area contributed by atoms with Crippen LogP contribution in [0.25, 0.3) is 0 Å². The Morgan fingerprint density at radius 2 is 2.12 bits per heavy atom. The predicted molar refractivity (Wildman–Crippen MR) is 130 cm³/mol. The van der Waals surface area contributed by atoms with Crippen molar-refractivity contribution in [3.05, 3.63) is 23.0 Å². The molecule has 1 aromatic heterocycles. The molecule has 10 heteroatoms. The van der Waals surface area contributed by atoms with Crippen molar-refractivity contribution in [3.63, 3.8) is 0 Å². The molecule has 2 N–H and O–H groups in total. The second kappa shape index (κ2) is 11.9. The summed E-state index contributed by atoms with van der Waals surface area (Å²) < 4.78 is 5.37. The highest BCUT2D eigenvalue weighted by Crippen LogP contribution is 2.34. The number of thiazole rings is 1. The number of nitrogens with zero attached hydrogens (tertiary/aromatic N) is 4. The highest BCUT2D eigenvalue weighted by atomic mass is 32.2. The Morgan fingerprint density at radius 1 is 1.34 bits per heavy atom. The first-order valence-corrected chi connectivity index (χ1v) is 13.0. The molecule has 0 aliphatic carbocycles. The first-order chi connectivity index (χ1) is 15.4. The molecule has 0 spiro atoms. The van der Waals surface area contributed by atoms with Crippen LogP contribution >= 0.6 is 23.1 Å². The Bertz CT molecular complexity index is 818. The van der Waals surface area contributed by atoms with Crippen LogP contribution in [0.2, 0.25) is 0 Å². The van der Waals surface area contributed by atoms with Crippen LogP contribution in [0.4, 0.5) is 0 Å². The van der Waals surface area contributed by atoms with Crippen molar-refractivity contribution >= 4 is 35.0 Å². The quantitative estimate of drug-likeness (QED) is 0.368. The van der Waals surface area contributed by atoms with E-state index in [0.717, 1.165) is 68.2 Å². The number of aromatic nitrogens is 1. The van der Waals surface area contributed by atoms with E-state index in [4.69, 9.17) is 9.73 Å². The molecule has 1 aromatic rings. The molecule has 0 atom stereocenters. The molecule has 1 saturated heterocycles. The molecule has 2 aliphatic heterocycles. The molecule has 0 radical (unpaired) electrons. The fourth-order valence-corrected chi connectivity index (χ4v) is 5.69. The van der Waals surface area contributed by atoms with Gasteiger partial charge in [0, 0.05) is 44.2 Å². The summed E-state index contributed by atoms with van der Waals surface area (Å²) >= 11 is 2.82. The number of rotatable bonds is 11. The van der Waals surface area contributed by atoms with Crippen molar-refractivity contribution in [2.45, 2.75) is 55.5 Å². The summed E-state index contributed by atoms with van der Waals surface area (Å²) in [5.74, 6) is 0.0992. The molecule has 0 bridgehead atoms. The van der Waals surface area contributed by atoms with Crippen LogP contribution in [0, 0.1) is 0 Å². The minimum atomic E-state index is -0.882. The number of carboxylic acids is 1. The summed E-state index contributed by atoms with van der Waals surface area (Å²) in [6.45, 7) is 11.5. The maximum atomic E-state index is 11.4. The molecular weight excluding hydrogens is 446 g/mol. The highest BCUT2D eigenvalue weighted by Gasteiger charge is 2.30. The second-order valence-electron chi connectivity index (χ2n) is 8.49. The average Bonchev–Trinajstić information content (AvgIpc) is 3.23. The summed E-state index contributed by atoms with van der Waals surface area (Å²) in [7, 11) is 0. The number of carbonyl (C=O) groups is 1. The van der Waals surface area contributed by atoms with E-state index in [0.29, 0.717) is 6.54 Å². The van der Waals surface area contributed by atoms with Crippen LogP contribution in [0.1, 0.15) is 45.7 Å². The number of hydrogen-bond acceptors (Lipinski definition) is 9. The first kappa shape index (κ1) is 24.9. The van der Waals surface area contributed by atoms with Crippen LogP contribution in [-0.2, 0) is 16.0 Å². The minimum Gasteiger partial charge on any atom is -0.480 e. The Hall–Kier alpha value is -1.78. The summed E-state index contributed by atoms with van der Waals surface area (Å²) in [5, 5.41) is 14.8. The van der Waals surface area contributed by atoms with Gasteiger partial charge in [-0.05, 0) is 20.3 Å². The molecule has 0 saturated carbocycles. The summed E-state index contributed by atoms with van der Waals surface area (Å²) in [6, 6.07) is 0. The minimum absolute atomic E-state index is 0.689. The van der Waals surface area contributed by atoms with E-state index in [-0.39, 0.29) is 0 Å². The molecule has 3 heterocycles. The van der Waals surface area contributed by atoms with E-state index in [9.17, 15) is 9.90 Å². The number of aliphatic carboxylic acids is 1. The zero-order valence-electron chi connectivity index (χ0n) is 19.3. The summed E-state index contributed by atoms with van der Waals surface area (Å²) in [4.78, 5) is 25.5. The van der Waals surface area contributed by atoms with Gasteiger partial charge in [0.1, 0.15) is 4.75 Å². The van der Waals surface area contributed by atoms with Gasteiger partial charge in [0.15, 0.2) is 10.3 Å². The van der Waals surface area contributed by atoms with Gasteiger partial charge in [-0.15, -0.1) is 11.3 Å². The van der Waals surface area contributed by atoms with Crippen LogP contribution < -0.4 is 5.32 Å². The lowest BCUT2D eigenvalue weighted by atomic mass is 10.2. The maximum absolute atomic E-state index is 11.4. The number of thioether (sulfide) groups is 1. The zero-order valence-corrected chi connectivity index (χ0v) is 20.9. The molecule has 0 unspecified atom stereocenters. The fraction of sp³-hybridized carbons (Fsp3) is 0.682. The number of morpholine rings is 1. The largest absolute Gasteiger partial charge is 0.480 e. The third-order valence-electron chi connectivity index (χ3n) is 5.53. The number of carboxylic acid groups (broad SMARTS) is 1. The normalized spacial score (nSPS) is 16.9. The Kier molecular flexibility index (Phi) is 9.24. The van der Waals surface area contributed by atoms with Gasteiger partial charge < -0.3 is 25.0 Å². The standard InChI is InChI=1S/C22H35N5O3S2/c1-4-5-6-8-27(20-23-14-18(15-24-20)26-10-12-30-13-11-26)9-7-17-16-31-21(25-17)32-22(2,3)19(28)29/h14,16H,4-13,15H2,1-3H3,(H,23,24)(H,28,29). The van der Waals surface area contributed by atoms with E-state index in [1.165, 1.54) is 41.6 Å². The van der Waals surface area contributed by atoms with Gasteiger partial charge in [0.05, 0.1) is 31.1 Å². The molecule has 32 heavy (non-hydrogen) atoms. The number of guanidine groups is 1. The number of hydrogen-bond donors (Lipinski definition) is 2. The maximum Gasteiger partial charge on any atom is 0.319 e. The van der Waals surface area contributed by atoms with Crippen LogP contribution in [0.15, 0.2) is 26.6 Å². The van der Waals surface area contributed by atoms with Gasteiger partial charge in [-0.25, -0.2) is 9.98 Å². The van der Waals surface area contributed by atoms with Crippen LogP contribution in [0.5, 0.6) is 0 Å². The SMILES string of the molecule is CCCCCN(CCc1csc(SC(C)(C)C(=O)O)n1)C1=NCC(N2CCOCC2)=CN1.